The zero-order chi connectivity index (χ0) is 17.7. The highest BCUT2D eigenvalue weighted by molar-refractivity contribution is 9.10. The lowest BCUT2D eigenvalue weighted by Crippen LogP contribution is -2.33. The first-order valence-corrected chi connectivity index (χ1v) is 8.59. The van der Waals surface area contributed by atoms with Crippen LogP contribution in [0.15, 0.2) is 27.6 Å². The third-order valence-corrected chi connectivity index (χ3v) is 4.81. The van der Waals surface area contributed by atoms with Crippen molar-refractivity contribution in [2.75, 3.05) is 20.3 Å². The van der Waals surface area contributed by atoms with Crippen molar-refractivity contribution in [2.45, 2.75) is 0 Å². The second-order valence-corrected chi connectivity index (χ2v) is 7.06. The molecule has 1 fully saturated rings. The molecule has 0 N–H and O–H groups in total. The Kier molecular flexibility index (Phi) is 6.36. The van der Waals surface area contributed by atoms with Crippen LogP contribution in [-0.4, -0.2) is 41.4 Å². The largest absolute Gasteiger partial charge is 0.478 e. The van der Waals surface area contributed by atoms with Crippen LogP contribution >= 0.6 is 39.9 Å². The summed E-state index contributed by atoms with van der Waals surface area (Å²) in [7, 11) is 1.25. The Bertz CT molecular complexity index is 773. The van der Waals surface area contributed by atoms with Crippen LogP contribution in [0.4, 0.5) is 0 Å². The van der Waals surface area contributed by atoms with Crippen LogP contribution in [0.3, 0.4) is 0 Å². The molecule has 1 heterocycles. The number of ether oxygens (including phenoxy) is 2. The number of rotatable bonds is 5. The van der Waals surface area contributed by atoms with E-state index in [0.29, 0.717) is 16.2 Å². The topological polar surface area (TPSA) is 79.6 Å². The summed E-state index contributed by atoms with van der Waals surface area (Å²) in [6, 6.07) is 7.13. The summed E-state index contributed by atoms with van der Waals surface area (Å²) < 4.78 is 11.0. The molecule has 0 saturated carbocycles. The Balaban J connectivity index is 2.30. The van der Waals surface area contributed by atoms with Gasteiger partial charge in [0.15, 0.2) is 6.61 Å². The minimum absolute atomic E-state index is 0.105. The molecule has 0 radical (unpaired) electrons. The second kappa shape index (κ2) is 8.28. The first-order valence-electron chi connectivity index (χ1n) is 6.57. The summed E-state index contributed by atoms with van der Waals surface area (Å²) in [5.41, 5.74) is 0.623. The molecule has 0 bridgehead atoms. The van der Waals surface area contributed by atoms with Gasteiger partial charge in [0, 0.05) is 10.0 Å². The normalized spacial score (nSPS) is 15.5. The maximum atomic E-state index is 12.4. The molecule has 1 aliphatic heterocycles. The number of thioether (sulfide) groups is 1. The molecule has 1 aromatic rings. The molecule has 9 heteroatoms. The van der Waals surface area contributed by atoms with Crippen LogP contribution in [0.25, 0.3) is 6.08 Å². The van der Waals surface area contributed by atoms with Gasteiger partial charge in [-0.2, -0.15) is 5.26 Å². The fourth-order valence-electron chi connectivity index (χ4n) is 1.84. The Morgan fingerprint density at radius 3 is 2.96 bits per heavy atom. The summed E-state index contributed by atoms with van der Waals surface area (Å²) in [6.45, 7) is -0.333. The average Bonchev–Trinajstić information content (AvgIpc) is 2.81. The summed E-state index contributed by atoms with van der Waals surface area (Å²) in [5, 5.41) is 8.65. The fraction of sp³-hybridized carbons (Fsp3) is 0.200. The summed E-state index contributed by atoms with van der Waals surface area (Å²) in [6.07, 6.45) is 1.62. The third kappa shape index (κ3) is 4.35. The van der Waals surface area contributed by atoms with Crippen LogP contribution in [0.1, 0.15) is 5.56 Å². The van der Waals surface area contributed by atoms with Gasteiger partial charge in [0.1, 0.15) is 22.7 Å². The lowest BCUT2D eigenvalue weighted by molar-refractivity contribution is -0.143. The van der Waals surface area contributed by atoms with E-state index in [2.05, 4.69) is 20.7 Å². The lowest BCUT2D eigenvalue weighted by atomic mass is 10.2. The van der Waals surface area contributed by atoms with E-state index in [1.54, 1.807) is 24.3 Å². The molecule has 1 amide bonds. The lowest BCUT2D eigenvalue weighted by Gasteiger charge is -2.12. The van der Waals surface area contributed by atoms with Crippen molar-refractivity contribution in [3.05, 3.63) is 33.1 Å². The van der Waals surface area contributed by atoms with E-state index in [4.69, 9.17) is 22.2 Å². The number of carbonyl (C=O) groups is 2. The van der Waals surface area contributed by atoms with Gasteiger partial charge in [0.2, 0.25) is 0 Å². The number of methoxy groups -OCH3 is 1. The maximum absolute atomic E-state index is 12.4. The highest BCUT2D eigenvalue weighted by Gasteiger charge is 2.33. The molecule has 1 aromatic carbocycles. The van der Waals surface area contributed by atoms with Gasteiger partial charge in [-0.05, 0) is 24.3 Å². The quantitative estimate of drug-likeness (QED) is 0.406. The van der Waals surface area contributed by atoms with Crippen LogP contribution in [0, 0.1) is 11.3 Å². The van der Waals surface area contributed by atoms with E-state index >= 15 is 0 Å². The molecule has 6 nitrogen and oxygen atoms in total. The van der Waals surface area contributed by atoms with E-state index in [1.165, 1.54) is 12.0 Å². The summed E-state index contributed by atoms with van der Waals surface area (Å²) in [5.74, 6) is -0.451. The van der Waals surface area contributed by atoms with Crippen LogP contribution in [0.2, 0.25) is 0 Å². The van der Waals surface area contributed by atoms with E-state index in [-0.39, 0.29) is 23.4 Å². The van der Waals surface area contributed by atoms with E-state index < -0.39 is 5.97 Å². The minimum atomic E-state index is -0.548. The Labute approximate surface area is 156 Å². The molecular formula is C15H11BrN2O4S2. The number of nitrogens with zero attached hydrogens (tertiary/aromatic N) is 2. The number of halogens is 1. The molecule has 0 aromatic heterocycles. The van der Waals surface area contributed by atoms with Gasteiger partial charge in [-0.25, -0.2) is 0 Å². The van der Waals surface area contributed by atoms with Crippen molar-refractivity contribution in [1.82, 2.24) is 4.90 Å². The highest BCUT2D eigenvalue weighted by atomic mass is 79.9. The van der Waals surface area contributed by atoms with Crippen molar-refractivity contribution in [3.8, 4) is 11.8 Å². The Morgan fingerprint density at radius 2 is 2.29 bits per heavy atom. The number of carbonyl (C=O) groups excluding carboxylic acids is 2. The number of hydrogen-bond donors (Lipinski definition) is 0. The van der Waals surface area contributed by atoms with Gasteiger partial charge in [-0.3, -0.25) is 14.5 Å². The number of benzene rings is 1. The van der Waals surface area contributed by atoms with Gasteiger partial charge < -0.3 is 9.47 Å². The van der Waals surface area contributed by atoms with Crippen LogP contribution in [0.5, 0.6) is 5.75 Å². The summed E-state index contributed by atoms with van der Waals surface area (Å²) in [4.78, 5) is 25.3. The molecular weight excluding hydrogens is 416 g/mol. The van der Waals surface area contributed by atoms with Crippen molar-refractivity contribution in [2.24, 2.45) is 0 Å². The first kappa shape index (κ1) is 18.4. The van der Waals surface area contributed by atoms with Crippen molar-refractivity contribution in [3.63, 3.8) is 0 Å². The number of nitriles is 1. The fourth-order valence-corrected chi connectivity index (χ4v) is 3.47. The Morgan fingerprint density at radius 1 is 1.54 bits per heavy atom. The van der Waals surface area contributed by atoms with Gasteiger partial charge >= 0.3 is 5.97 Å². The van der Waals surface area contributed by atoms with E-state index in [9.17, 15) is 9.59 Å². The molecule has 124 valence electrons. The molecule has 0 spiro atoms. The molecule has 2 rings (SSSR count). The monoisotopic (exact) mass is 426 g/mol. The molecule has 1 aliphatic rings. The number of amides is 1. The highest BCUT2D eigenvalue weighted by Crippen LogP contribution is 2.35. The van der Waals surface area contributed by atoms with Gasteiger partial charge in [0.25, 0.3) is 5.91 Å². The Hall–Kier alpha value is -1.89. The van der Waals surface area contributed by atoms with Crippen molar-refractivity contribution in [1.29, 1.82) is 5.26 Å². The van der Waals surface area contributed by atoms with Gasteiger partial charge in [-0.15, -0.1) is 0 Å². The molecule has 1 saturated heterocycles. The average molecular weight is 427 g/mol. The predicted molar refractivity (Wildman–Crippen MR) is 97.1 cm³/mol. The van der Waals surface area contributed by atoms with Crippen molar-refractivity contribution >= 4 is 62.2 Å². The number of thiocarbonyl (C=S) groups is 1. The van der Waals surface area contributed by atoms with Gasteiger partial charge in [-0.1, -0.05) is 39.9 Å². The van der Waals surface area contributed by atoms with Crippen molar-refractivity contribution < 1.29 is 19.1 Å². The first-order chi connectivity index (χ1) is 11.5. The SMILES string of the molecule is COC(=O)CN1C(=O)/C(=C/c2cc(Br)ccc2OCC#N)SC1=S. The van der Waals surface area contributed by atoms with E-state index in [1.807, 2.05) is 6.07 Å². The van der Waals surface area contributed by atoms with Gasteiger partial charge in [0.05, 0.1) is 12.0 Å². The zero-order valence-corrected chi connectivity index (χ0v) is 15.7. The molecule has 0 aliphatic carbocycles. The van der Waals surface area contributed by atoms with Crippen LogP contribution < -0.4 is 4.74 Å². The minimum Gasteiger partial charge on any atom is -0.478 e. The zero-order valence-electron chi connectivity index (χ0n) is 12.4. The van der Waals surface area contributed by atoms with E-state index in [0.717, 1.165) is 16.2 Å². The third-order valence-electron chi connectivity index (χ3n) is 2.94. The molecule has 0 atom stereocenters. The maximum Gasteiger partial charge on any atom is 0.325 e. The molecule has 0 unspecified atom stereocenters. The predicted octanol–water partition coefficient (Wildman–Crippen LogP) is 2.73. The number of esters is 1. The standard InChI is InChI=1S/C15H11BrN2O4S2/c1-21-13(19)8-18-14(20)12(24-15(18)23)7-9-6-10(16)2-3-11(9)22-5-4-17/h2-3,6-7H,5,8H2,1H3/b12-7-. The summed E-state index contributed by atoms with van der Waals surface area (Å²) >= 11 is 9.59. The van der Waals surface area contributed by atoms with Crippen LogP contribution in [-0.2, 0) is 14.3 Å². The second-order valence-electron chi connectivity index (χ2n) is 4.47. The molecule has 24 heavy (non-hydrogen) atoms. The smallest absolute Gasteiger partial charge is 0.325 e. The number of hydrogen-bond acceptors (Lipinski definition) is 7.